The van der Waals surface area contributed by atoms with Crippen LogP contribution in [0.3, 0.4) is 0 Å². The summed E-state index contributed by atoms with van der Waals surface area (Å²) in [5.41, 5.74) is 8.52. The van der Waals surface area contributed by atoms with Crippen LogP contribution in [0.25, 0.3) is 76.8 Å². The van der Waals surface area contributed by atoms with Gasteiger partial charge in [-0.1, -0.05) is 109 Å². The Bertz CT molecular complexity index is 2050. The highest BCUT2D eigenvalue weighted by Crippen LogP contribution is 2.53. The van der Waals surface area contributed by atoms with Gasteiger partial charge in [-0.15, -0.1) is 0 Å². The van der Waals surface area contributed by atoms with Gasteiger partial charge in [0.05, 0.1) is 0 Å². The number of fused-ring (bicyclic) bond motifs is 6. The molecule has 0 bridgehead atoms. The molecule has 4 heteroatoms. The minimum absolute atomic E-state index is 0.937. The number of hydrogen-bond acceptors (Lipinski definition) is 4. The molecule has 0 N–H and O–H groups in total. The van der Waals surface area contributed by atoms with Crippen molar-refractivity contribution in [2.45, 2.75) is 0 Å². The minimum atomic E-state index is 0.937. The third-order valence-electron chi connectivity index (χ3n) is 8.01. The Morgan fingerprint density at radius 2 is 0.619 bits per heavy atom. The van der Waals surface area contributed by atoms with Crippen LogP contribution in [0.2, 0.25) is 0 Å². The number of hydrogen-bond donors (Lipinski definition) is 0. The van der Waals surface area contributed by atoms with Crippen LogP contribution in [0.15, 0.2) is 147 Å². The van der Waals surface area contributed by atoms with Crippen molar-refractivity contribution in [3.63, 3.8) is 0 Å². The molecule has 0 saturated heterocycles. The summed E-state index contributed by atoms with van der Waals surface area (Å²) in [6.45, 7) is 0. The van der Waals surface area contributed by atoms with Crippen LogP contribution in [0.4, 0.5) is 0 Å². The maximum absolute atomic E-state index is 4.48. The Morgan fingerprint density at radius 1 is 0.286 bits per heavy atom. The van der Waals surface area contributed by atoms with Crippen molar-refractivity contribution in [1.29, 1.82) is 0 Å². The summed E-state index contributed by atoms with van der Waals surface area (Å²) in [5.74, 6) is 0. The highest BCUT2D eigenvalue weighted by molar-refractivity contribution is 6.35. The Balaban J connectivity index is 1.78. The van der Waals surface area contributed by atoms with Gasteiger partial charge < -0.3 is 0 Å². The van der Waals surface area contributed by atoms with E-state index in [-0.39, 0.29) is 0 Å². The molecule has 8 aromatic rings. The summed E-state index contributed by atoms with van der Waals surface area (Å²) in [6.07, 6.45) is 10.8. The second-order valence-corrected chi connectivity index (χ2v) is 10.3. The molecular weight excluding hydrogens is 512 g/mol. The van der Waals surface area contributed by atoms with Gasteiger partial charge in [-0.05, 0) is 54.6 Å². The van der Waals surface area contributed by atoms with E-state index in [1.165, 1.54) is 32.3 Å². The predicted octanol–water partition coefficient (Wildman–Crippen LogP) is 9.39. The quantitative estimate of drug-likeness (QED) is 0.210. The van der Waals surface area contributed by atoms with E-state index in [1.54, 1.807) is 12.7 Å². The van der Waals surface area contributed by atoms with Crippen LogP contribution in [0.1, 0.15) is 0 Å². The molecule has 0 aliphatic rings. The van der Waals surface area contributed by atoms with Crippen molar-refractivity contribution < 1.29 is 0 Å². The van der Waals surface area contributed by atoms with Gasteiger partial charge in [-0.25, -0.2) is 19.9 Å². The standard InChI is InChI=1S/C38H24N4/c1-3-11-25(12-4-1)33-35(27-19-39-23-40-20-27)36(28-21-41-24-42-22-28)34(26-13-5-2-6-14-26)38-32-18-10-8-16-30(32)29-15-7-9-17-31(29)37(33)38/h1-24H. The lowest BCUT2D eigenvalue weighted by atomic mass is 9.77. The maximum Gasteiger partial charge on any atom is 0.115 e. The van der Waals surface area contributed by atoms with E-state index < -0.39 is 0 Å². The molecule has 0 fully saturated rings. The maximum atomic E-state index is 4.48. The Kier molecular flexibility index (Phi) is 5.75. The molecule has 8 rings (SSSR count). The van der Waals surface area contributed by atoms with Crippen molar-refractivity contribution in [3.8, 4) is 44.5 Å². The smallest absolute Gasteiger partial charge is 0.115 e. The molecule has 4 nitrogen and oxygen atoms in total. The van der Waals surface area contributed by atoms with Crippen LogP contribution in [-0.2, 0) is 0 Å². The zero-order valence-electron chi connectivity index (χ0n) is 22.6. The number of benzene rings is 6. The fourth-order valence-electron chi connectivity index (χ4n) is 6.38. The molecule has 0 unspecified atom stereocenters. The molecule has 0 atom stereocenters. The van der Waals surface area contributed by atoms with Crippen LogP contribution >= 0.6 is 0 Å². The second kappa shape index (κ2) is 10.0. The summed E-state index contributed by atoms with van der Waals surface area (Å²) in [7, 11) is 0. The van der Waals surface area contributed by atoms with Crippen LogP contribution in [0, 0.1) is 0 Å². The van der Waals surface area contributed by atoms with Crippen molar-refractivity contribution in [3.05, 3.63) is 147 Å². The van der Waals surface area contributed by atoms with Gasteiger partial charge in [0.2, 0.25) is 0 Å². The topological polar surface area (TPSA) is 51.6 Å². The molecule has 196 valence electrons. The zero-order chi connectivity index (χ0) is 27.9. The summed E-state index contributed by atoms with van der Waals surface area (Å²) in [6, 6.07) is 38.8. The lowest BCUT2D eigenvalue weighted by molar-refractivity contribution is 1.16. The molecule has 42 heavy (non-hydrogen) atoms. The van der Waals surface area contributed by atoms with Crippen LogP contribution < -0.4 is 0 Å². The van der Waals surface area contributed by atoms with E-state index in [2.05, 4.69) is 129 Å². The number of rotatable bonds is 4. The molecule has 0 aliphatic heterocycles. The third-order valence-corrected chi connectivity index (χ3v) is 8.01. The molecule has 0 amide bonds. The Morgan fingerprint density at radius 3 is 1.00 bits per heavy atom. The van der Waals surface area contributed by atoms with Gasteiger partial charge in [0, 0.05) is 47.0 Å². The lowest BCUT2D eigenvalue weighted by Crippen LogP contribution is -2.00. The van der Waals surface area contributed by atoms with E-state index in [9.17, 15) is 0 Å². The summed E-state index contributed by atoms with van der Waals surface area (Å²) >= 11 is 0. The van der Waals surface area contributed by atoms with Gasteiger partial charge in [0.1, 0.15) is 12.7 Å². The lowest BCUT2D eigenvalue weighted by Gasteiger charge is -2.25. The first-order chi connectivity index (χ1) is 20.9. The molecule has 0 spiro atoms. The van der Waals surface area contributed by atoms with Gasteiger partial charge in [-0.2, -0.15) is 0 Å². The normalized spacial score (nSPS) is 11.3. The first kappa shape index (κ1) is 24.1. The molecule has 2 aromatic heterocycles. The van der Waals surface area contributed by atoms with Crippen LogP contribution in [0.5, 0.6) is 0 Å². The molecule has 6 aromatic carbocycles. The molecule has 0 aliphatic carbocycles. The summed E-state index contributed by atoms with van der Waals surface area (Å²) < 4.78 is 0. The Labute approximate surface area is 243 Å². The first-order valence-corrected chi connectivity index (χ1v) is 13.9. The zero-order valence-corrected chi connectivity index (χ0v) is 22.6. The van der Waals surface area contributed by atoms with E-state index in [1.807, 2.05) is 24.8 Å². The molecular formula is C38H24N4. The monoisotopic (exact) mass is 536 g/mol. The van der Waals surface area contributed by atoms with Crippen molar-refractivity contribution in [2.75, 3.05) is 0 Å². The molecule has 0 radical (unpaired) electrons. The van der Waals surface area contributed by atoms with E-state index in [4.69, 9.17) is 0 Å². The summed E-state index contributed by atoms with van der Waals surface area (Å²) in [5, 5.41) is 7.26. The van der Waals surface area contributed by atoms with Gasteiger partial charge in [0.25, 0.3) is 0 Å². The second-order valence-electron chi connectivity index (χ2n) is 10.3. The third kappa shape index (κ3) is 3.77. The van der Waals surface area contributed by atoms with Crippen molar-refractivity contribution in [1.82, 2.24) is 19.9 Å². The van der Waals surface area contributed by atoms with Gasteiger partial charge in [-0.3, -0.25) is 0 Å². The highest BCUT2D eigenvalue weighted by Gasteiger charge is 2.27. The average Bonchev–Trinajstić information content (AvgIpc) is 3.09. The fourth-order valence-corrected chi connectivity index (χ4v) is 6.38. The fraction of sp³-hybridized carbons (Fsp3) is 0. The Hall–Kier alpha value is -5.74. The van der Waals surface area contributed by atoms with Gasteiger partial charge >= 0.3 is 0 Å². The predicted molar refractivity (Wildman–Crippen MR) is 172 cm³/mol. The first-order valence-electron chi connectivity index (χ1n) is 13.9. The SMILES string of the molecule is c1ccc(-c2c(-c3cncnc3)c(-c3cncnc3)c(-c3ccccc3)c3c4ccccc4c4ccccc4c23)cc1. The summed E-state index contributed by atoms with van der Waals surface area (Å²) in [4.78, 5) is 17.9. The van der Waals surface area contributed by atoms with E-state index in [0.717, 1.165) is 44.5 Å². The van der Waals surface area contributed by atoms with Crippen molar-refractivity contribution in [2.24, 2.45) is 0 Å². The molecule has 2 heterocycles. The van der Waals surface area contributed by atoms with E-state index >= 15 is 0 Å². The van der Waals surface area contributed by atoms with Crippen LogP contribution in [-0.4, -0.2) is 19.9 Å². The van der Waals surface area contributed by atoms with Crippen molar-refractivity contribution >= 4 is 32.3 Å². The number of aromatic nitrogens is 4. The van der Waals surface area contributed by atoms with E-state index in [0.29, 0.717) is 0 Å². The molecule has 0 saturated carbocycles. The van der Waals surface area contributed by atoms with Gasteiger partial charge in [0.15, 0.2) is 0 Å². The highest BCUT2D eigenvalue weighted by atomic mass is 14.8. The minimum Gasteiger partial charge on any atom is -0.244 e. The average molecular weight is 537 g/mol. The number of nitrogens with zero attached hydrogens (tertiary/aromatic N) is 4. The largest absolute Gasteiger partial charge is 0.244 e.